The Hall–Kier alpha value is -2.31. The molecule has 26 heavy (non-hydrogen) atoms. The van der Waals surface area contributed by atoms with Gasteiger partial charge in [-0.3, -0.25) is 9.13 Å². The number of pyridine rings is 1. The number of carbonyl (C=O) groups excluding carboxylic acids is 1. The molecule has 0 aromatic carbocycles. The summed E-state index contributed by atoms with van der Waals surface area (Å²) in [6, 6.07) is 4.06. The van der Waals surface area contributed by atoms with Crippen molar-refractivity contribution >= 4 is 17.2 Å². The van der Waals surface area contributed by atoms with Crippen LogP contribution in [0.2, 0.25) is 0 Å². The van der Waals surface area contributed by atoms with Crippen LogP contribution in [0.1, 0.15) is 51.0 Å². The molecule has 0 unspecified atom stereocenters. The second-order valence-electron chi connectivity index (χ2n) is 7.58. The highest BCUT2D eigenvalue weighted by Crippen LogP contribution is 2.24. The Balaban J connectivity index is 1.53. The van der Waals surface area contributed by atoms with Gasteiger partial charge in [-0.2, -0.15) is 0 Å². The molecule has 4 rings (SSSR count). The number of hydrogen-bond donors (Lipinski definition) is 1. The van der Waals surface area contributed by atoms with Gasteiger partial charge in [0.05, 0.1) is 11.6 Å². The van der Waals surface area contributed by atoms with Gasteiger partial charge in [0.1, 0.15) is 0 Å². The van der Waals surface area contributed by atoms with Crippen LogP contribution in [-0.4, -0.2) is 44.2 Å². The molecule has 2 aromatic heterocycles. The summed E-state index contributed by atoms with van der Waals surface area (Å²) in [5.74, 6) is 0. The summed E-state index contributed by atoms with van der Waals surface area (Å²) in [6.45, 7) is 1.32. The van der Waals surface area contributed by atoms with Gasteiger partial charge in [0.2, 0.25) is 0 Å². The minimum atomic E-state index is -0.0572. The van der Waals surface area contributed by atoms with Gasteiger partial charge in [-0.1, -0.05) is 19.3 Å². The molecular weight excluding hydrogens is 330 g/mol. The van der Waals surface area contributed by atoms with E-state index in [0.717, 1.165) is 37.7 Å². The van der Waals surface area contributed by atoms with Gasteiger partial charge >= 0.3 is 11.7 Å². The van der Waals surface area contributed by atoms with Crippen LogP contribution in [-0.2, 0) is 7.05 Å². The first-order chi connectivity index (χ1) is 12.6. The number of piperidine rings is 1. The molecule has 0 bridgehead atoms. The van der Waals surface area contributed by atoms with Crippen molar-refractivity contribution in [3.8, 4) is 0 Å². The maximum Gasteiger partial charge on any atom is 0.330 e. The number of aryl methyl sites for hydroxylation is 1. The molecule has 1 aliphatic carbocycles. The highest BCUT2D eigenvalue weighted by molar-refractivity contribution is 5.75. The number of aromatic nitrogens is 3. The molecule has 3 heterocycles. The first-order valence-electron chi connectivity index (χ1n) is 9.72. The highest BCUT2D eigenvalue weighted by Gasteiger charge is 2.29. The SMILES string of the molecule is Cn1c(=O)n([C@H]2CCCN(C(=O)NC3CCCCC3)C2)c2ncccc21. The normalized spacial score (nSPS) is 21.9. The fraction of sp³-hybridized carbons (Fsp3) is 0.632. The zero-order chi connectivity index (χ0) is 18.1. The smallest absolute Gasteiger partial charge is 0.330 e. The fourth-order valence-electron chi connectivity index (χ4n) is 4.38. The Bertz CT molecular complexity index is 849. The highest BCUT2D eigenvalue weighted by atomic mass is 16.2. The van der Waals surface area contributed by atoms with Gasteiger partial charge in [0, 0.05) is 32.4 Å². The Morgan fingerprint density at radius 1 is 1.19 bits per heavy atom. The number of carbonyl (C=O) groups is 1. The van der Waals surface area contributed by atoms with Crippen molar-refractivity contribution in [1.82, 2.24) is 24.3 Å². The van der Waals surface area contributed by atoms with Gasteiger partial charge < -0.3 is 10.2 Å². The van der Waals surface area contributed by atoms with E-state index >= 15 is 0 Å². The van der Waals surface area contributed by atoms with E-state index in [1.165, 1.54) is 19.3 Å². The zero-order valence-corrected chi connectivity index (χ0v) is 15.4. The third-order valence-electron chi connectivity index (χ3n) is 5.83. The van der Waals surface area contributed by atoms with Crippen molar-refractivity contribution in [2.75, 3.05) is 13.1 Å². The molecule has 2 fully saturated rings. The van der Waals surface area contributed by atoms with Crippen LogP contribution in [0.15, 0.2) is 23.1 Å². The quantitative estimate of drug-likeness (QED) is 0.897. The molecule has 1 atom stereocenters. The number of likely N-dealkylation sites (tertiary alicyclic amines) is 1. The number of rotatable bonds is 2. The van der Waals surface area contributed by atoms with E-state index in [1.54, 1.807) is 22.4 Å². The topological polar surface area (TPSA) is 72.2 Å². The second kappa shape index (κ2) is 7.13. The largest absolute Gasteiger partial charge is 0.335 e. The van der Waals surface area contributed by atoms with E-state index in [1.807, 2.05) is 17.0 Å². The molecule has 7 heteroatoms. The van der Waals surface area contributed by atoms with Crippen LogP contribution >= 0.6 is 0 Å². The molecule has 0 radical (unpaired) electrons. The Kier molecular flexibility index (Phi) is 4.70. The monoisotopic (exact) mass is 357 g/mol. The lowest BCUT2D eigenvalue weighted by Gasteiger charge is -2.34. The zero-order valence-electron chi connectivity index (χ0n) is 15.4. The predicted molar refractivity (Wildman–Crippen MR) is 100 cm³/mol. The number of imidazole rings is 1. The summed E-state index contributed by atoms with van der Waals surface area (Å²) in [4.78, 5) is 31.7. The number of nitrogens with one attached hydrogen (secondary N) is 1. The lowest BCUT2D eigenvalue weighted by molar-refractivity contribution is 0.161. The molecule has 0 spiro atoms. The summed E-state index contributed by atoms with van der Waals surface area (Å²) in [7, 11) is 1.78. The van der Waals surface area contributed by atoms with Crippen molar-refractivity contribution in [2.24, 2.45) is 7.05 Å². The third kappa shape index (κ3) is 3.10. The van der Waals surface area contributed by atoms with Crippen molar-refractivity contribution in [2.45, 2.75) is 57.0 Å². The minimum absolute atomic E-state index is 0.0165. The van der Waals surface area contributed by atoms with Gasteiger partial charge in [-0.05, 0) is 37.8 Å². The average Bonchev–Trinajstić information content (AvgIpc) is 2.94. The third-order valence-corrected chi connectivity index (χ3v) is 5.83. The van der Waals surface area contributed by atoms with Crippen molar-refractivity contribution in [1.29, 1.82) is 0 Å². The standard InChI is InChI=1S/C19H27N5O2/c1-22-16-10-5-11-20-17(16)24(19(22)26)15-9-6-12-23(13-15)18(25)21-14-7-3-2-4-8-14/h5,10-11,14-15H,2-4,6-9,12-13H2,1H3,(H,21,25)/t15-/m0/s1. The van der Waals surface area contributed by atoms with E-state index in [9.17, 15) is 9.59 Å². The van der Waals surface area contributed by atoms with Crippen molar-refractivity contribution in [3.05, 3.63) is 28.8 Å². The molecule has 1 aliphatic heterocycles. The summed E-state index contributed by atoms with van der Waals surface area (Å²) in [5, 5.41) is 3.20. The summed E-state index contributed by atoms with van der Waals surface area (Å²) in [5.41, 5.74) is 1.49. The van der Waals surface area contributed by atoms with Gasteiger partial charge in [0.25, 0.3) is 0 Å². The van der Waals surface area contributed by atoms with Crippen molar-refractivity contribution in [3.63, 3.8) is 0 Å². The van der Waals surface area contributed by atoms with E-state index < -0.39 is 0 Å². The molecule has 2 amide bonds. The average molecular weight is 357 g/mol. The van der Waals surface area contributed by atoms with Crippen LogP contribution in [0.25, 0.3) is 11.2 Å². The van der Waals surface area contributed by atoms with Gasteiger partial charge in [-0.15, -0.1) is 0 Å². The molecule has 2 aliphatic rings. The molecule has 2 aromatic rings. The number of nitrogens with zero attached hydrogens (tertiary/aromatic N) is 4. The fourth-order valence-corrected chi connectivity index (χ4v) is 4.38. The Morgan fingerprint density at radius 2 is 2.00 bits per heavy atom. The van der Waals surface area contributed by atoms with Gasteiger partial charge in [-0.25, -0.2) is 14.6 Å². The minimum Gasteiger partial charge on any atom is -0.335 e. The van der Waals surface area contributed by atoms with Crippen LogP contribution in [0.4, 0.5) is 4.79 Å². The van der Waals surface area contributed by atoms with Crippen LogP contribution in [0.5, 0.6) is 0 Å². The lowest BCUT2D eigenvalue weighted by atomic mass is 9.95. The number of fused-ring (bicyclic) bond motifs is 1. The molecule has 1 N–H and O–H groups in total. The summed E-state index contributed by atoms with van der Waals surface area (Å²) in [6.07, 6.45) is 9.34. The summed E-state index contributed by atoms with van der Waals surface area (Å²) >= 11 is 0. The Labute approximate surface area is 153 Å². The number of amides is 2. The molecule has 1 saturated heterocycles. The van der Waals surface area contributed by atoms with E-state index in [-0.39, 0.29) is 17.8 Å². The Morgan fingerprint density at radius 3 is 2.81 bits per heavy atom. The molecule has 7 nitrogen and oxygen atoms in total. The van der Waals surface area contributed by atoms with Crippen LogP contribution in [0, 0.1) is 0 Å². The number of urea groups is 1. The number of hydrogen-bond acceptors (Lipinski definition) is 3. The van der Waals surface area contributed by atoms with Crippen LogP contribution in [0.3, 0.4) is 0 Å². The maximum absolute atomic E-state index is 12.7. The van der Waals surface area contributed by atoms with E-state index in [0.29, 0.717) is 18.2 Å². The molecule has 140 valence electrons. The van der Waals surface area contributed by atoms with Crippen LogP contribution < -0.4 is 11.0 Å². The second-order valence-corrected chi connectivity index (χ2v) is 7.58. The lowest BCUT2D eigenvalue weighted by Crippen LogP contribution is -2.50. The van der Waals surface area contributed by atoms with Crippen molar-refractivity contribution < 1.29 is 4.79 Å². The first-order valence-corrected chi connectivity index (χ1v) is 9.72. The predicted octanol–water partition coefficient (Wildman–Crippen LogP) is 2.41. The van der Waals surface area contributed by atoms with E-state index in [4.69, 9.17) is 0 Å². The maximum atomic E-state index is 12.7. The summed E-state index contributed by atoms with van der Waals surface area (Å²) < 4.78 is 3.42. The first kappa shape index (κ1) is 17.1. The van der Waals surface area contributed by atoms with E-state index in [2.05, 4.69) is 10.3 Å². The van der Waals surface area contributed by atoms with Gasteiger partial charge in [0.15, 0.2) is 5.65 Å². The molecular formula is C19H27N5O2. The molecule has 1 saturated carbocycles.